The van der Waals surface area contributed by atoms with Crippen molar-refractivity contribution in [2.75, 3.05) is 11.1 Å². The molecular weight excluding hydrogens is 218 g/mol. The number of non-ortho nitro benzene ring substituents is 1. The molecule has 0 saturated heterocycles. The van der Waals surface area contributed by atoms with Gasteiger partial charge in [-0.1, -0.05) is 13.3 Å². The van der Waals surface area contributed by atoms with Crippen molar-refractivity contribution in [3.8, 4) is 0 Å². The highest BCUT2D eigenvalue weighted by atomic mass is 16.6. The Morgan fingerprint density at radius 2 is 2.18 bits per heavy atom. The highest BCUT2D eigenvalue weighted by Crippen LogP contribution is 2.30. The van der Waals surface area contributed by atoms with Gasteiger partial charge in [-0.05, 0) is 24.8 Å². The number of nitro benzene ring substituents is 1. The molecule has 1 saturated carbocycles. The van der Waals surface area contributed by atoms with E-state index in [1.54, 1.807) is 12.1 Å². The van der Waals surface area contributed by atoms with E-state index in [4.69, 9.17) is 5.73 Å². The fraction of sp³-hybridized carbons (Fsp3) is 0.500. The Hall–Kier alpha value is -1.78. The summed E-state index contributed by atoms with van der Waals surface area (Å²) in [7, 11) is 0. The zero-order valence-corrected chi connectivity index (χ0v) is 9.85. The maximum absolute atomic E-state index is 10.7. The molecule has 0 radical (unpaired) electrons. The average Bonchev–Trinajstić information content (AvgIpc) is 2.63. The lowest BCUT2D eigenvalue weighted by Crippen LogP contribution is -2.21. The van der Waals surface area contributed by atoms with Crippen LogP contribution in [-0.2, 0) is 0 Å². The SMILES string of the molecule is CC1CCCC1Nc1cc(N)cc([N+](=O)[O-])c1. The van der Waals surface area contributed by atoms with Crippen molar-refractivity contribution in [1.29, 1.82) is 0 Å². The number of hydrogen-bond acceptors (Lipinski definition) is 4. The summed E-state index contributed by atoms with van der Waals surface area (Å²) in [5.41, 5.74) is 6.87. The van der Waals surface area contributed by atoms with Crippen LogP contribution in [-0.4, -0.2) is 11.0 Å². The Balaban J connectivity index is 2.17. The van der Waals surface area contributed by atoms with Gasteiger partial charge in [0.1, 0.15) is 0 Å². The summed E-state index contributed by atoms with van der Waals surface area (Å²) in [6.45, 7) is 2.20. The van der Waals surface area contributed by atoms with Gasteiger partial charge in [-0.3, -0.25) is 10.1 Å². The summed E-state index contributed by atoms with van der Waals surface area (Å²) in [5.74, 6) is 0.607. The zero-order valence-electron chi connectivity index (χ0n) is 9.85. The maximum Gasteiger partial charge on any atom is 0.273 e. The van der Waals surface area contributed by atoms with Gasteiger partial charge < -0.3 is 11.1 Å². The van der Waals surface area contributed by atoms with Crippen molar-refractivity contribution < 1.29 is 4.92 Å². The third-order valence-corrected chi connectivity index (χ3v) is 3.36. The normalized spacial score (nSPS) is 23.6. The fourth-order valence-corrected chi connectivity index (χ4v) is 2.40. The molecule has 2 unspecified atom stereocenters. The lowest BCUT2D eigenvalue weighted by Gasteiger charge is -2.18. The van der Waals surface area contributed by atoms with Gasteiger partial charge in [-0.2, -0.15) is 0 Å². The molecule has 1 aromatic carbocycles. The van der Waals surface area contributed by atoms with Crippen LogP contribution < -0.4 is 11.1 Å². The molecular formula is C12H17N3O2. The quantitative estimate of drug-likeness (QED) is 0.479. The smallest absolute Gasteiger partial charge is 0.273 e. The molecule has 2 rings (SSSR count). The molecule has 17 heavy (non-hydrogen) atoms. The van der Waals surface area contributed by atoms with E-state index in [9.17, 15) is 10.1 Å². The molecule has 92 valence electrons. The monoisotopic (exact) mass is 235 g/mol. The first kappa shape index (κ1) is 11.7. The van der Waals surface area contributed by atoms with Gasteiger partial charge in [0.2, 0.25) is 0 Å². The number of nitrogens with one attached hydrogen (secondary N) is 1. The summed E-state index contributed by atoms with van der Waals surface area (Å²) in [4.78, 5) is 10.3. The second-order valence-electron chi connectivity index (χ2n) is 4.73. The van der Waals surface area contributed by atoms with Crippen LogP contribution in [0.25, 0.3) is 0 Å². The van der Waals surface area contributed by atoms with E-state index in [1.165, 1.54) is 18.9 Å². The van der Waals surface area contributed by atoms with Crippen molar-refractivity contribution in [3.63, 3.8) is 0 Å². The fourth-order valence-electron chi connectivity index (χ4n) is 2.40. The highest BCUT2D eigenvalue weighted by molar-refractivity contribution is 5.61. The van der Waals surface area contributed by atoms with Crippen molar-refractivity contribution in [1.82, 2.24) is 0 Å². The molecule has 0 amide bonds. The Morgan fingerprint density at radius 3 is 2.76 bits per heavy atom. The minimum Gasteiger partial charge on any atom is -0.398 e. The van der Waals surface area contributed by atoms with E-state index in [0.29, 0.717) is 17.6 Å². The molecule has 0 spiro atoms. The Bertz CT molecular complexity index is 434. The van der Waals surface area contributed by atoms with Crippen LogP contribution in [0.2, 0.25) is 0 Å². The first-order valence-corrected chi connectivity index (χ1v) is 5.88. The number of nitrogens with two attached hydrogens (primary N) is 1. The molecule has 5 heteroatoms. The predicted octanol–water partition coefficient (Wildman–Crippen LogP) is 2.78. The van der Waals surface area contributed by atoms with Gasteiger partial charge >= 0.3 is 0 Å². The molecule has 2 atom stereocenters. The summed E-state index contributed by atoms with van der Waals surface area (Å²) >= 11 is 0. The number of rotatable bonds is 3. The van der Waals surface area contributed by atoms with E-state index < -0.39 is 4.92 Å². The van der Waals surface area contributed by atoms with E-state index in [1.807, 2.05) is 0 Å². The molecule has 1 fully saturated rings. The van der Waals surface area contributed by atoms with Crippen molar-refractivity contribution >= 4 is 17.1 Å². The third kappa shape index (κ3) is 2.67. The van der Waals surface area contributed by atoms with Crippen molar-refractivity contribution in [2.45, 2.75) is 32.2 Å². The number of nitrogen functional groups attached to an aromatic ring is 1. The van der Waals surface area contributed by atoms with Crippen LogP contribution in [0.4, 0.5) is 17.1 Å². The number of benzene rings is 1. The first-order chi connectivity index (χ1) is 8.06. The number of hydrogen-bond donors (Lipinski definition) is 2. The van der Waals surface area contributed by atoms with Crippen LogP contribution in [0.15, 0.2) is 18.2 Å². The molecule has 0 aliphatic heterocycles. The topological polar surface area (TPSA) is 81.2 Å². The van der Waals surface area contributed by atoms with Gasteiger partial charge in [-0.15, -0.1) is 0 Å². The maximum atomic E-state index is 10.7. The van der Waals surface area contributed by atoms with Gasteiger partial charge in [0.15, 0.2) is 0 Å². The molecule has 5 nitrogen and oxygen atoms in total. The van der Waals surface area contributed by atoms with Crippen LogP contribution in [0.1, 0.15) is 26.2 Å². The van der Waals surface area contributed by atoms with E-state index >= 15 is 0 Å². The lowest BCUT2D eigenvalue weighted by molar-refractivity contribution is -0.384. The van der Waals surface area contributed by atoms with Crippen molar-refractivity contribution in [2.24, 2.45) is 5.92 Å². The molecule has 1 aliphatic rings. The second-order valence-corrected chi connectivity index (χ2v) is 4.73. The zero-order chi connectivity index (χ0) is 12.4. The first-order valence-electron chi connectivity index (χ1n) is 5.88. The minimum atomic E-state index is -0.417. The van der Waals surface area contributed by atoms with E-state index in [-0.39, 0.29) is 5.69 Å². The number of nitro groups is 1. The molecule has 0 aromatic heterocycles. The molecule has 1 aromatic rings. The molecule has 3 N–H and O–H groups in total. The van der Waals surface area contributed by atoms with E-state index in [0.717, 1.165) is 12.1 Å². The Morgan fingerprint density at radius 1 is 1.41 bits per heavy atom. The predicted molar refractivity (Wildman–Crippen MR) is 67.9 cm³/mol. The molecule has 0 heterocycles. The number of anilines is 2. The molecule has 1 aliphatic carbocycles. The largest absolute Gasteiger partial charge is 0.398 e. The van der Waals surface area contributed by atoms with Crippen LogP contribution >= 0.6 is 0 Å². The summed E-state index contributed by atoms with van der Waals surface area (Å²) in [5, 5.41) is 14.1. The standard InChI is InChI=1S/C12H17N3O2/c1-8-3-2-4-12(8)14-10-5-9(13)6-11(7-10)15(16)17/h5-8,12,14H,2-4,13H2,1H3. The van der Waals surface area contributed by atoms with E-state index in [2.05, 4.69) is 12.2 Å². The summed E-state index contributed by atoms with van der Waals surface area (Å²) in [6.07, 6.45) is 3.54. The van der Waals surface area contributed by atoms with Gasteiger partial charge in [0.25, 0.3) is 5.69 Å². The third-order valence-electron chi connectivity index (χ3n) is 3.36. The minimum absolute atomic E-state index is 0.0400. The van der Waals surface area contributed by atoms with Gasteiger partial charge in [-0.25, -0.2) is 0 Å². The Kier molecular flexibility index (Phi) is 3.17. The second kappa shape index (κ2) is 4.61. The Labute approximate surface area is 100 Å². The summed E-state index contributed by atoms with van der Waals surface area (Å²) < 4.78 is 0. The van der Waals surface area contributed by atoms with Gasteiger partial charge in [0.05, 0.1) is 4.92 Å². The number of nitrogens with zero attached hydrogens (tertiary/aromatic N) is 1. The average molecular weight is 235 g/mol. The highest BCUT2D eigenvalue weighted by Gasteiger charge is 2.23. The van der Waals surface area contributed by atoms with Crippen LogP contribution in [0, 0.1) is 16.0 Å². The van der Waals surface area contributed by atoms with Gasteiger partial charge in [0, 0.05) is 29.5 Å². The van der Waals surface area contributed by atoms with Crippen molar-refractivity contribution in [3.05, 3.63) is 28.3 Å². The van der Waals surface area contributed by atoms with Crippen LogP contribution in [0.5, 0.6) is 0 Å². The summed E-state index contributed by atoms with van der Waals surface area (Å²) in [6, 6.07) is 5.07. The molecule has 0 bridgehead atoms. The van der Waals surface area contributed by atoms with Crippen LogP contribution in [0.3, 0.4) is 0 Å². The lowest BCUT2D eigenvalue weighted by atomic mass is 10.1.